The van der Waals surface area contributed by atoms with E-state index in [1.54, 1.807) is 13.2 Å². The molecule has 0 unspecified atom stereocenters. The minimum absolute atomic E-state index is 0.00489. The van der Waals surface area contributed by atoms with Gasteiger partial charge in [-0.15, -0.1) is 0 Å². The third-order valence-corrected chi connectivity index (χ3v) is 3.83. The molecule has 1 heterocycles. The average Bonchev–Trinajstić information content (AvgIpc) is 2.64. The molecule has 0 saturated carbocycles. The van der Waals surface area contributed by atoms with Crippen LogP contribution in [0, 0.1) is 0 Å². The van der Waals surface area contributed by atoms with Crippen LogP contribution < -0.4 is 4.74 Å². The molecule has 3 rings (SSSR count). The first-order valence-corrected chi connectivity index (χ1v) is 7.82. The van der Waals surface area contributed by atoms with E-state index < -0.39 is 0 Å². The fraction of sp³-hybridized carbons (Fsp3) is 0.0952. The lowest BCUT2D eigenvalue weighted by atomic mass is 10.1. The minimum Gasteiger partial charge on any atom is -0.497 e. The number of ketones is 1. The van der Waals surface area contributed by atoms with Crippen molar-refractivity contribution in [3.05, 3.63) is 102 Å². The molecule has 1 aliphatic rings. The second-order valence-corrected chi connectivity index (χ2v) is 5.48. The summed E-state index contributed by atoms with van der Waals surface area (Å²) in [6.45, 7) is 0.693. The van der Waals surface area contributed by atoms with Crippen molar-refractivity contribution in [3.63, 3.8) is 0 Å². The first-order chi connectivity index (χ1) is 11.8. The van der Waals surface area contributed by atoms with Crippen LogP contribution in [0.15, 0.2) is 90.8 Å². The van der Waals surface area contributed by atoms with Gasteiger partial charge < -0.3 is 9.64 Å². The highest BCUT2D eigenvalue weighted by Crippen LogP contribution is 2.19. The zero-order chi connectivity index (χ0) is 16.8. The molecule has 0 saturated heterocycles. The summed E-state index contributed by atoms with van der Waals surface area (Å²) in [5.74, 6) is 0.841. The molecule has 24 heavy (non-hydrogen) atoms. The molecule has 3 nitrogen and oxygen atoms in total. The Morgan fingerprint density at radius 1 is 1.04 bits per heavy atom. The summed E-state index contributed by atoms with van der Waals surface area (Å²) in [6, 6.07) is 17.3. The van der Waals surface area contributed by atoms with Crippen molar-refractivity contribution in [1.82, 2.24) is 4.90 Å². The maximum Gasteiger partial charge on any atom is 0.187 e. The molecule has 0 aromatic heterocycles. The second kappa shape index (κ2) is 7.47. The number of ether oxygens (including phenoxy) is 1. The van der Waals surface area contributed by atoms with Gasteiger partial charge in [-0.25, -0.2) is 0 Å². The van der Waals surface area contributed by atoms with Crippen molar-refractivity contribution in [2.45, 2.75) is 6.54 Å². The lowest BCUT2D eigenvalue weighted by molar-refractivity contribution is 0.104. The smallest absolute Gasteiger partial charge is 0.187 e. The zero-order valence-corrected chi connectivity index (χ0v) is 13.6. The van der Waals surface area contributed by atoms with Crippen molar-refractivity contribution in [2.75, 3.05) is 7.11 Å². The highest BCUT2D eigenvalue weighted by atomic mass is 16.5. The summed E-state index contributed by atoms with van der Waals surface area (Å²) in [5.41, 5.74) is 2.72. The largest absolute Gasteiger partial charge is 0.497 e. The van der Waals surface area contributed by atoms with Crippen LogP contribution in [0.1, 0.15) is 15.9 Å². The molecule has 120 valence electrons. The normalized spacial score (nSPS) is 14.9. The number of carbonyl (C=O) groups excluding carboxylic acids is 1. The first kappa shape index (κ1) is 15.8. The summed E-state index contributed by atoms with van der Waals surface area (Å²) in [7, 11) is 1.66. The van der Waals surface area contributed by atoms with Crippen LogP contribution in [0.3, 0.4) is 0 Å². The number of hydrogen-bond acceptors (Lipinski definition) is 3. The molecule has 0 radical (unpaired) electrons. The van der Waals surface area contributed by atoms with E-state index in [0.717, 1.165) is 17.0 Å². The van der Waals surface area contributed by atoms with Crippen LogP contribution in [-0.4, -0.2) is 17.8 Å². The van der Waals surface area contributed by atoms with Crippen LogP contribution in [0.25, 0.3) is 0 Å². The van der Waals surface area contributed by atoms with Crippen molar-refractivity contribution in [1.29, 1.82) is 0 Å². The number of nitrogens with zero attached hydrogens (tertiary/aromatic N) is 1. The van der Waals surface area contributed by atoms with Gasteiger partial charge in [0.15, 0.2) is 5.78 Å². The van der Waals surface area contributed by atoms with E-state index in [1.165, 1.54) is 0 Å². The predicted octanol–water partition coefficient (Wildman–Crippen LogP) is 4.35. The molecule has 0 aliphatic carbocycles. The molecule has 0 atom stereocenters. The van der Waals surface area contributed by atoms with Crippen molar-refractivity contribution in [2.24, 2.45) is 0 Å². The number of methoxy groups -OCH3 is 1. The lowest BCUT2D eigenvalue weighted by Crippen LogP contribution is -2.17. The third-order valence-electron chi connectivity index (χ3n) is 3.83. The molecule has 0 amide bonds. The van der Waals surface area contributed by atoms with Crippen LogP contribution >= 0.6 is 0 Å². The molecule has 0 fully saturated rings. The standard InChI is InChI=1S/C21H19NO2/c1-24-20-12-10-17(11-13-20)16-22-14-6-5-9-19(22)15-21(23)18-7-3-2-4-8-18/h2-15H,16H2,1H3/b19-15-. The van der Waals surface area contributed by atoms with Gasteiger partial charge >= 0.3 is 0 Å². The minimum atomic E-state index is 0.00489. The summed E-state index contributed by atoms with van der Waals surface area (Å²) in [6.07, 6.45) is 9.51. The van der Waals surface area contributed by atoms with Gasteiger partial charge in [-0.05, 0) is 29.8 Å². The lowest BCUT2D eigenvalue weighted by Gasteiger charge is -2.24. The highest BCUT2D eigenvalue weighted by molar-refractivity contribution is 6.05. The quantitative estimate of drug-likeness (QED) is 0.606. The van der Waals surface area contributed by atoms with Crippen LogP contribution in [-0.2, 0) is 6.54 Å². The van der Waals surface area contributed by atoms with Crippen LogP contribution in [0.5, 0.6) is 5.75 Å². The number of allylic oxidation sites excluding steroid dienone is 4. The molecule has 2 aromatic carbocycles. The van der Waals surface area contributed by atoms with Crippen molar-refractivity contribution >= 4 is 5.78 Å². The number of benzene rings is 2. The highest BCUT2D eigenvalue weighted by Gasteiger charge is 2.11. The number of rotatable bonds is 5. The van der Waals surface area contributed by atoms with Crippen LogP contribution in [0.2, 0.25) is 0 Å². The van der Waals surface area contributed by atoms with E-state index in [9.17, 15) is 4.79 Å². The Labute approximate surface area is 142 Å². The van der Waals surface area contributed by atoms with E-state index in [0.29, 0.717) is 12.1 Å². The van der Waals surface area contributed by atoms with Crippen molar-refractivity contribution < 1.29 is 9.53 Å². The molecule has 0 spiro atoms. The summed E-state index contributed by atoms with van der Waals surface area (Å²) < 4.78 is 5.19. The van der Waals surface area contributed by atoms with E-state index in [4.69, 9.17) is 4.74 Å². The Morgan fingerprint density at radius 3 is 2.50 bits per heavy atom. The molecule has 0 N–H and O–H groups in total. The van der Waals surface area contributed by atoms with Gasteiger partial charge in [0.25, 0.3) is 0 Å². The maximum atomic E-state index is 12.4. The summed E-state index contributed by atoms with van der Waals surface area (Å²) >= 11 is 0. The van der Waals surface area contributed by atoms with Gasteiger partial charge in [-0.2, -0.15) is 0 Å². The van der Waals surface area contributed by atoms with Gasteiger partial charge in [0.2, 0.25) is 0 Å². The zero-order valence-electron chi connectivity index (χ0n) is 13.6. The maximum absolute atomic E-state index is 12.4. The van der Waals surface area contributed by atoms with E-state index in [1.807, 2.05) is 79.0 Å². The van der Waals surface area contributed by atoms with Gasteiger partial charge in [0, 0.05) is 30.1 Å². The third kappa shape index (κ3) is 3.82. The monoisotopic (exact) mass is 317 g/mol. The molecule has 3 heteroatoms. The first-order valence-electron chi connectivity index (χ1n) is 7.82. The summed E-state index contributed by atoms with van der Waals surface area (Å²) in [5, 5.41) is 0. The van der Waals surface area contributed by atoms with Gasteiger partial charge in [0.05, 0.1) is 7.11 Å². The fourth-order valence-corrected chi connectivity index (χ4v) is 2.51. The molecule has 0 bridgehead atoms. The Bertz CT molecular complexity index is 786. The Morgan fingerprint density at radius 2 is 1.79 bits per heavy atom. The van der Waals surface area contributed by atoms with Gasteiger partial charge in [-0.1, -0.05) is 48.5 Å². The molecule has 2 aromatic rings. The Balaban J connectivity index is 1.78. The Kier molecular flexibility index (Phi) is 4.92. The van der Waals surface area contributed by atoms with Crippen LogP contribution in [0.4, 0.5) is 0 Å². The SMILES string of the molecule is COc1ccc(CN2C=CC=C/C2=C/C(=O)c2ccccc2)cc1. The topological polar surface area (TPSA) is 29.5 Å². The predicted molar refractivity (Wildman–Crippen MR) is 95.7 cm³/mol. The van der Waals surface area contributed by atoms with E-state index in [-0.39, 0.29) is 5.78 Å². The van der Waals surface area contributed by atoms with E-state index >= 15 is 0 Å². The van der Waals surface area contributed by atoms with Gasteiger partial charge in [-0.3, -0.25) is 4.79 Å². The Hall–Kier alpha value is -3.07. The fourth-order valence-electron chi connectivity index (χ4n) is 2.51. The number of hydrogen-bond donors (Lipinski definition) is 0. The van der Waals surface area contributed by atoms with Crippen molar-refractivity contribution in [3.8, 4) is 5.75 Å². The average molecular weight is 317 g/mol. The number of carbonyl (C=O) groups is 1. The second-order valence-electron chi connectivity index (χ2n) is 5.48. The molecular formula is C21H19NO2. The van der Waals surface area contributed by atoms with E-state index in [2.05, 4.69) is 4.90 Å². The molecule has 1 aliphatic heterocycles. The van der Waals surface area contributed by atoms with Gasteiger partial charge in [0.1, 0.15) is 5.75 Å². The summed E-state index contributed by atoms with van der Waals surface area (Å²) in [4.78, 5) is 14.5. The molecular weight excluding hydrogens is 298 g/mol.